The van der Waals surface area contributed by atoms with Gasteiger partial charge in [0.1, 0.15) is 0 Å². The van der Waals surface area contributed by atoms with Gasteiger partial charge in [-0.15, -0.1) is 0 Å². The first-order valence-electron chi connectivity index (χ1n) is 4.68. The normalized spacial score (nSPS) is 10.9. The Bertz CT molecular complexity index is 466. The molecule has 4 nitrogen and oxygen atoms in total. The quantitative estimate of drug-likeness (QED) is 0.781. The molecule has 0 aliphatic rings. The van der Waals surface area contributed by atoms with E-state index in [1.54, 1.807) is 31.3 Å². The van der Waals surface area contributed by atoms with Gasteiger partial charge in [0, 0.05) is 19.8 Å². The topological polar surface area (TPSA) is 58.2 Å². The first-order chi connectivity index (χ1) is 7.43. The molecule has 88 valence electrons. The fourth-order valence-corrected chi connectivity index (χ4v) is 1.83. The van der Waals surface area contributed by atoms with Crippen molar-refractivity contribution in [3.63, 3.8) is 0 Å². The zero-order valence-electron chi connectivity index (χ0n) is 9.15. The van der Waals surface area contributed by atoms with Crippen molar-refractivity contribution in [2.75, 3.05) is 13.3 Å². The molecule has 0 bridgehead atoms. The molecule has 0 atom stereocenters. The number of sulfone groups is 1. The van der Waals surface area contributed by atoms with Gasteiger partial charge in [0.15, 0.2) is 14.9 Å². The summed E-state index contributed by atoms with van der Waals surface area (Å²) in [4.78, 5) is 0.326. The molecular weight excluding hydrogens is 244 g/mol. The van der Waals surface area contributed by atoms with Gasteiger partial charge >= 0.3 is 0 Å². The van der Waals surface area contributed by atoms with Gasteiger partial charge in [0.2, 0.25) is 0 Å². The maximum Gasteiger partial charge on any atom is 0.175 e. The van der Waals surface area contributed by atoms with E-state index in [1.165, 1.54) is 6.26 Å². The highest BCUT2D eigenvalue weighted by Gasteiger charge is 2.05. The van der Waals surface area contributed by atoms with Crippen LogP contribution in [0, 0.1) is 0 Å². The third-order valence-electron chi connectivity index (χ3n) is 2.03. The smallest absolute Gasteiger partial charge is 0.175 e. The molecule has 1 aromatic carbocycles. The molecule has 0 fully saturated rings. The van der Waals surface area contributed by atoms with Crippen LogP contribution in [-0.2, 0) is 16.4 Å². The van der Waals surface area contributed by atoms with Crippen molar-refractivity contribution in [1.29, 1.82) is 0 Å². The Labute approximate surface area is 101 Å². The SMILES string of the molecule is CNC(=S)NCc1ccc(S(C)(=O)=O)cc1. The zero-order valence-corrected chi connectivity index (χ0v) is 10.8. The van der Waals surface area contributed by atoms with Gasteiger partial charge < -0.3 is 10.6 Å². The Morgan fingerprint density at radius 2 is 1.88 bits per heavy atom. The summed E-state index contributed by atoms with van der Waals surface area (Å²) < 4.78 is 22.4. The Hall–Kier alpha value is -1.14. The van der Waals surface area contributed by atoms with Gasteiger partial charge in [0.25, 0.3) is 0 Å². The minimum absolute atomic E-state index is 0.326. The van der Waals surface area contributed by atoms with Crippen LogP contribution in [0.1, 0.15) is 5.56 Å². The molecule has 0 unspecified atom stereocenters. The predicted molar refractivity (Wildman–Crippen MR) is 68.0 cm³/mol. The van der Waals surface area contributed by atoms with Crippen LogP contribution in [0.25, 0.3) is 0 Å². The Morgan fingerprint density at radius 3 is 2.31 bits per heavy atom. The van der Waals surface area contributed by atoms with Crippen LogP contribution in [0.3, 0.4) is 0 Å². The minimum atomic E-state index is -3.11. The van der Waals surface area contributed by atoms with Gasteiger partial charge in [-0.3, -0.25) is 0 Å². The van der Waals surface area contributed by atoms with Crippen molar-refractivity contribution < 1.29 is 8.42 Å². The Kier molecular flexibility index (Phi) is 4.26. The molecule has 0 aromatic heterocycles. The van der Waals surface area contributed by atoms with Gasteiger partial charge in [-0.25, -0.2) is 8.42 Å². The largest absolute Gasteiger partial charge is 0.366 e. The van der Waals surface area contributed by atoms with Gasteiger partial charge in [-0.2, -0.15) is 0 Å². The molecule has 6 heteroatoms. The molecule has 16 heavy (non-hydrogen) atoms. The number of thiocarbonyl (C=S) groups is 1. The molecule has 2 N–H and O–H groups in total. The molecule has 0 radical (unpaired) electrons. The van der Waals surface area contributed by atoms with E-state index in [-0.39, 0.29) is 0 Å². The number of nitrogens with one attached hydrogen (secondary N) is 2. The van der Waals surface area contributed by atoms with E-state index in [1.807, 2.05) is 0 Å². The van der Waals surface area contributed by atoms with Crippen LogP contribution < -0.4 is 10.6 Å². The fourth-order valence-electron chi connectivity index (χ4n) is 1.13. The van der Waals surface area contributed by atoms with Crippen LogP contribution in [0.5, 0.6) is 0 Å². The van der Waals surface area contributed by atoms with E-state index in [2.05, 4.69) is 10.6 Å². The van der Waals surface area contributed by atoms with Crippen LogP contribution >= 0.6 is 12.2 Å². The third kappa shape index (κ3) is 3.79. The lowest BCUT2D eigenvalue weighted by atomic mass is 10.2. The van der Waals surface area contributed by atoms with E-state index < -0.39 is 9.84 Å². The van der Waals surface area contributed by atoms with E-state index in [0.29, 0.717) is 16.6 Å². The third-order valence-corrected chi connectivity index (χ3v) is 3.51. The highest BCUT2D eigenvalue weighted by Crippen LogP contribution is 2.09. The van der Waals surface area contributed by atoms with Crippen molar-refractivity contribution in [2.24, 2.45) is 0 Å². The second-order valence-electron chi connectivity index (χ2n) is 3.35. The molecule has 1 rings (SSSR count). The number of hydrogen-bond donors (Lipinski definition) is 2. The lowest BCUT2D eigenvalue weighted by Gasteiger charge is -2.07. The Morgan fingerprint density at radius 1 is 1.31 bits per heavy atom. The van der Waals surface area contributed by atoms with E-state index >= 15 is 0 Å². The van der Waals surface area contributed by atoms with Gasteiger partial charge in [-0.1, -0.05) is 12.1 Å². The maximum absolute atomic E-state index is 11.2. The highest BCUT2D eigenvalue weighted by molar-refractivity contribution is 7.90. The van der Waals surface area contributed by atoms with Crippen LogP contribution in [0.2, 0.25) is 0 Å². The summed E-state index contributed by atoms with van der Waals surface area (Å²) in [5.41, 5.74) is 0.977. The summed E-state index contributed by atoms with van der Waals surface area (Å²) in [5, 5.41) is 6.34. The second-order valence-corrected chi connectivity index (χ2v) is 5.77. The van der Waals surface area contributed by atoms with Crippen molar-refractivity contribution >= 4 is 27.2 Å². The van der Waals surface area contributed by atoms with Gasteiger partial charge in [-0.05, 0) is 29.9 Å². The molecule has 0 aliphatic heterocycles. The first kappa shape index (κ1) is 12.9. The average molecular weight is 258 g/mol. The standard InChI is InChI=1S/C10H14N2O2S2/c1-11-10(15)12-7-8-3-5-9(6-4-8)16(2,13)14/h3-6H,7H2,1-2H3,(H2,11,12,15). The summed E-state index contributed by atoms with van der Waals surface area (Å²) in [6.07, 6.45) is 1.19. The van der Waals surface area contributed by atoms with E-state index in [9.17, 15) is 8.42 Å². The van der Waals surface area contributed by atoms with Crippen molar-refractivity contribution in [2.45, 2.75) is 11.4 Å². The Balaban J connectivity index is 2.69. The summed E-state index contributed by atoms with van der Waals surface area (Å²) in [7, 11) is -1.38. The number of benzene rings is 1. The summed E-state index contributed by atoms with van der Waals surface area (Å²) in [5.74, 6) is 0. The minimum Gasteiger partial charge on any atom is -0.366 e. The first-order valence-corrected chi connectivity index (χ1v) is 6.98. The van der Waals surface area contributed by atoms with Crippen LogP contribution in [0.4, 0.5) is 0 Å². The molecule has 0 heterocycles. The monoisotopic (exact) mass is 258 g/mol. The van der Waals surface area contributed by atoms with E-state index in [0.717, 1.165) is 5.56 Å². The molecule has 0 spiro atoms. The molecule has 0 amide bonds. The molecule has 0 saturated carbocycles. The lowest BCUT2D eigenvalue weighted by Crippen LogP contribution is -2.31. The summed E-state index contributed by atoms with van der Waals surface area (Å²) in [6.45, 7) is 0.573. The van der Waals surface area contributed by atoms with E-state index in [4.69, 9.17) is 12.2 Å². The lowest BCUT2D eigenvalue weighted by molar-refractivity contribution is 0.602. The number of hydrogen-bond acceptors (Lipinski definition) is 3. The predicted octanol–water partition coefficient (Wildman–Crippen LogP) is 0.684. The summed E-state index contributed by atoms with van der Waals surface area (Å²) in [6, 6.07) is 6.72. The van der Waals surface area contributed by atoms with Crippen molar-refractivity contribution in [1.82, 2.24) is 10.6 Å². The number of rotatable bonds is 3. The van der Waals surface area contributed by atoms with Gasteiger partial charge in [0.05, 0.1) is 4.90 Å². The fraction of sp³-hybridized carbons (Fsp3) is 0.300. The van der Waals surface area contributed by atoms with Crippen LogP contribution in [-0.4, -0.2) is 26.8 Å². The zero-order chi connectivity index (χ0) is 12.2. The molecule has 1 aromatic rings. The maximum atomic E-state index is 11.2. The van der Waals surface area contributed by atoms with Crippen LogP contribution in [0.15, 0.2) is 29.2 Å². The molecule has 0 aliphatic carbocycles. The summed E-state index contributed by atoms with van der Waals surface area (Å²) >= 11 is 4.92. The molecular formula is C10H14N2O2S2. The second kappa shape index (κ2) is 5.27. The highest BCUT2D eigenvalue weighted by atomic mass is 32.2. The van der Waals surface area contributed by atoms with Crippen molar-refractivity contribution in [3.8, 4) is 0 Å². The average Bonchev–Trinajstić information content (AvgIpc) is 2.25. The molecule has 0 saturated heterocycles. The van der Waals surface area contributed by atoms with Crippen molar-refractivity contribution in [3.05, 3.63) is 29.8 Å².